The second-order valence-electron chi connectivity index (χ2n) is 4.62. The minimum Gasteiger partial charge on any atom is -0.378 e. The molecule has 4 nitrogen and oxygen atoms in total. The van der Waals surface area contributed by atoms with Gasteiger partial charge in [0.2, 0.25) is 0 Å². The van der Waals surface area contributed by atoms with Crippen molar-refractivity contribution in [3.63, 3.8) is 0 Å². The van der Waals surface area contributed by atoms with Gasteiger partial charge in [-0.2, -0.15) is 10.4 Å². The first-order chi connectivity index (χ1) is 9.13. The summed E-state index contributed by atoms with van der Waals surface area (Å²) in [6, 6.07) is 7.93. The number of nitriles is 1. The number of aromatic nitrogens is 2. The van der Waals surface area contributed by atoms with Crippen molar-refractivity contribution in [2.45, 2.75) is 26.8 Å². The maximum Gasteiger partial charge on any atom is 0.0991 e. The Morgan fingerprint density at radius 1 is 1.42 bits per heavy atom. The van der Waals surface area contributed by atoms with Crippen molar-refractivity contribution in [2.75, 3.05) is 5.32 Å². The number of rotatable bonds is 4. The van der Waals surface area contributed by atoms with Crippen LogP contribution < -0.4 is 5.32 Å². The van der Waals surface area contributed by atoms with Crippen LogP contribution in [0.3, 0.4) is 0 Å². The van der Waals surface area contributed by atoms with E-state index >= 15 is 0 Å². The van der Waals surface area contributed by atoms with E-state index in [0.717, 1.165) is 29.9 Å². The summed E-state index contributed by atoms with van der Waals surface area (Å²) < 4.78 is 1.83. The standard InChI is InChI=1S/C15H18N4/c1-4-14-15(10-19(3)18-14)17-9-13-6-5-12(8-16)7-11(13)2/h5-7,10,17H,4,9H2,1-3H3. The first kappa shape index (κ1) is 13.2. The summed E-state index contributed by atoms with van der Waals surface area (Å²) in [5.74, 6) is 0. The van der Waals surface area contributed by atoms with Gasteiger partial charge in [-0.15, -0.1) is 0 Å². The molecule has 1 N–H and O–H groups in total. The van der Waals surface area contributed by atoms with Gasteiger partial charge in [0.25, 0.3) is 0 Å². The van der Waals surface area contributed by atoms with Crippen molar-refractivity contribution in [2.24, 2.45) is 7.05 Å². The lowest BCUT2D eigenvalue weighted by Crippen LogP contribution is -2.02. The van der Waals surface area contributed by atoms with E-state index in [2.05, 4.69) is 23.4 Å². The number of hydrogen-bond acceptors (Lipinski definition) is 3. The molecule has 0 aliphatic carbocycles. The molecule has 0 aliphatic rings. The van der Waals surface area contributed by atoms with Crippen LogP contribution in [0.2, 0.25) is 0 Å². The zero-order valence-electron chi connectivity index (χ0n) is 11.6. The van der Waals surface area contributed by atoms with Crippen molar-refractivity contribution in [3.05, 3.63) is 46.8 Å². The van der Waals surface area contributed by atoms with E-state index in [4.69, 9.17) is 5.26 Å². The Labute approximate surface area is 113 Å². The van der Waals surface area contributed by atoms with Crippen LogP contribution in [0.1, 0.15) is 29.3 Å². The third-order valence-corrected chi connectivity index (χ3v) is 3.18. The van der Waals surface area contributed by atoms with Gasteiger partial charge in [0.15, 0.2) is 0 Å². The normalized spacial score (nSPS) is 10.2. The van der Waals surface area contributed by atoms with E-state index in [1.165, 1.54) is 5.56 Å². The van der Waals surface area contributed by atoms with Crippen molar-refractivity contribution >= 4 is 5.69 Å². The minimum absolute atomic E-state index is 0.705. The molecule has 2 rings (SSSR count). The van der Waals surface area contributed by atoms with Gasteiger partial charge in [-0.25, -0.2) is 0 Å². The second-order valence-corrected chi connectivity index (χ2v) is 4.62. The van der Waals surface area contributed by atoms with E-state index in [1.807, 2.05) is 43.0 Å². The van der Waals surface area contributed by atoms with Crippen LogP contribution in [-0.2, 0) is 20.0 Å². The number of benzene rings is 1. The molecule has 0 saturated carbocycles. The molecule has 0 saturated heterocycles. The Morgan fingerprint density at radius 3 is 2.84 bits per heavy atom. The molecule has 19 heavy (non-hydrogen) atoms. The number of anilines is 1. The highest BCUT2D eigenvalue weighted by molar-refractivity contribution is 5.48. The van der Waals surface area contributed by atoms with Crippen LogP contribution in [0.25, 0.3) is 0 Å². The fourth-order valence-electron chi connectivity index (χ4n) is 2.10. The predicted octanol–water partition coefficient (Wildman–Crippen LogP) is 2.77. The Balaban J connectivity index is 2.12. The average molecular weight is 254 g/mol. The van der Waals surface area contributed by atoms with E-state index in [-0.39, 0.29) is 0 Å². The van der Waals surface area contributed by atoms with Crippen LogP contribution in [0.15, 0.2) is 24.4 Å². The van der Waals surface area contributed by atoms with Crippen molar-refractivity contribution < 1.29 is 0 Å². The molecule has 0 atom stereocenters. The fraction of sp³-hybridized carbons (Fsp3) is 0.333. The Bertz CT molecular complexity index is 620. The van der Waals surface area contributed by atoms with Crippen LogP contribution in [0.5, 0.6) is 0 Å². The van der Waals surface area contributed by atoms with Crippen LogP contribution in [0.4, 0.5) is 5.69 Å². The maximum atomic E-state index is 8.86. The lowest BCUT2D eigenvalue weighted by Gasteiger charge is -2.08. The smallest absolute Gasteiger partial charge is 0.0991 e. The third-order valence-electron chi connectivity index (χ3n) is 3.18. The molecule has 0 radical (unpaired) electrons. The topological polar surface area (TPSA) is 53.6 Å². The van der Waals surface area contributed by atoms with Crippen LogP contribution in [-0.4, -0.2) is 9.78 Å². The first-order valence-corrected chi connectivity index (χ1v) is 6.40. The maximum absolute atomic E-state index is 8.86. The summed E-state index contributed by atoms with van der Waals surface area (Å²) in [6.07, 6.45) is 2.91. The molecule has 0 aliphatic heterocycles. The number of hydrogen-bond donors (Lipinski definition) is 1. The Hall–Kier alpha value is -2.28. The van der Waals surface area contributed by atoms with Gasteiger partial charge in [-0.3, -0.25) is 4.68 Å². The SMILES string of the molecule is CCc1nn(C)cc1NCc1ccc(C#N)cc1C. The van der Waals surface area contributed by atoms with Crippen LogP contribution >= 0.6 is 0 Å². The Kier molecular flexibility index (Phi) is 3.86. The Morgan fingerprint density at radius 2 is 2.21 bits per heavy atom. The van der Waals surface area contributed by atoms with Gasteiger partial charge in [0.05, 0.1) is 23.0 Å². The van der Waals surface area contributed by atoms with E-state index in [9.17, 15) is 0 Å². The molecular formula is C15H18N4. The molecule has 0 spiro atoms. The lowest BCUT2D eigenvalue weighted by molar-refractivity contribution is 0.746. The molecule has 0 amide bonds. The summed E-state index contributed by atoms with van der Waals surface area (Å²) in [6.45, 7) is 4.87. The third kappa shape index (κ3) is 2.94. The quantitative estimate of drug-likeness (QED) is 0.912. The van der Waals surface area contributed by atoms with Crippen molar-refractivity contribution in [1.29, 1.82) is 5.26 Å². The van der Waals surface area contributed by atoms with Gasteiger partial charge in [-0.1, -0.05) is 13.0 Å². The number of nitrogens with zero attached hydrogens (tertiary/aromatic N) is 3. The molecule has 98 valence electrons. The highest BCUT2D eigenvalue weighted by atomic mass is 15.3. The minimum atomic E-state index is 0.705. The van der Waals surface area contributed by atoms with Crippen molar-refractivity contribution in [3.8, 4) is 6.07 Å². The number of nitrogens with one attached hydrogen (secondary N) is 1. The lowest BCUT2D eigenvalue weighted by atomic mass is 10.1. The fourth-order valence-corrected chi connectivity index (χ4v) is 2.10. The molecular weight excluding hydrogens is 236 g/mol. The zero-order valence-corrected chi connectivity index (χ0v) is 11.6. The van der Waals surface area contributed by atoms with E-state index < -0.39 is 0 Å². The summed E-state index contributed by atoms with van der Waals surface area (Å²) in [5.41, 5.74) is 5.19. The highest BCUT2D eigenvalue weighted by Crippen LogP contribution is 2.17. The summed E-state index contributed by atoms with van der Waals surface area (Å²) in [7, 11) is 1.93. The van der Waals surface area contributed by atoms with Crippen molar-refractivity contribution in [1.82, 2.24) is 9.78 Å². The molecule has 0 unspecified atom stereocenters. The largest absolute Gasteiger partial charge is 0.378 e. The molecule has 1 aromatic heterocycles. The number of aryl methyl sites for hydroxylation is 3. The predicted molar refractivity (Wildman–Crippen MR) is 75.8 cm³/mol. The molecule has 1 aromatic carbocycles. The molecule has 0 fully saturated rings. The molecule has 0 bridgehead atoms. The summed E-state index contributed by atoms with van der Waals surface area (Å²) >= 11 is 0. The van der Waals surface area contributed by atoms with Gasteiger partial charge in [0.1, 0.15) is 0 Å². The van der Waals surface area contributed by atoms with E-state index in [0.29, 0.717) is 5.56 Å². The van der Waals surface area contributed by atoms with Gasteiger partial charge >= 0.3 is 0 Å². The van der Waals surface area contributed by atoms with Gasteiger partial charge < -0.3 is 5.32 Å². The van der Waals surface area contributed by atoms with Gasteiger partial charge in [-0.05, 0) is 36.6 Å². The van der Waals surface area contributed by atoms with Gasteiger partial charge in [0, 0.05) is 19.8 Å². The first-order valence-electron chi connectivity index (χ1n) is 6.40. The molecule has 2 aromatic rings. The molecule has 4 heteroatoms. The monoisotopic (exact) mass is 254 g/mol. The van der Waals surface area contributed by atoms with Crippen LogP contribution in [0, 0.1) is 18.3 Å². The highest BCUT2D eigenvalue weighted by Gasteiger charge is 2.06. The zero-order chi connectivity index (χ0) is 13.8. The summed E-state index contributed by atoms with van der Waals surface area (Å²) in [5, 5.41) is 16.7. The van der Waals surface area contributed by atoms with E-state index in [1.54, 1.807) is 0 Å². The molecule has 1 heterocycles. The summed E-state index contributed by atoms with van der Waals surface area (Å²) in [4.78, 5) is 0. The average Bonchev–Trinajstić information content (AvgIpc) is 2.77. The second kappa shape index (κ2) is 5.57.